The molecule has 10 heteroatoms. The Morgan fingerprint density at radius 3 is 2.49 bits per heavy atom. The monoisotopic (exact) mass is 548 g/mol. The number of ether oxygens (including phenoxy) is 3. The molecule has 0 aliphatic carbocycles. The highest BCUT2D eigenvalue weighted by Gasteiger charge is 2.25. The van der Waals surface area contributed by atoms with Crippen molar-refractivity contribution in [2.75, 3.05) is 44.8 Å². The molecule has 2 heterocycles. The first-order valence-corrected chi connectivity index (χ1v) is 13.5. The largest absolute Gasteiger partial charge is 0.493 e. The van der Waals surface area contributed by atoms with Gasteiger partial charge in [0.15, 0.2) is 17.3 Å². The summed E-state index contributed by atoms with van der Waals surface area (Å²) in [4.78, 5) is 21.9. The summed E-state index contributed by atoms with van der Waals surface area (Å²) >= 11 is 1.11. The molecule has 0 spiro atoms. The second kappa shape index (κ2) is 12.1. The third-order valence-electron chi connectivity index (χ3n) is 6.41. The van der Waals surface area contributed by atoms with Crippen LogP contribution < -0.4 is 19.1 Å². The Bertz CT molecular complexity index is 1420. The molecule has 0 bridgehead atoms. The second-order valence-electron chi connectivity index (χ2n) is 8.93. The zero-order chi connectivity index (χ0) is 27.2. The molecule has 1 fully saturated rings. The highest BCUT2D eigenvalue weighted by molar-refractivity contribution is 7.07. The minimum atomic E-state index is -0.288. The predicted octanol–water partition coefficient (Wildman–Crippen LogP) is 5.43. The SMILES string of the molecule is CCOc1ccccc1N1CCN(C(=O)c2ccc(OC)c(Oc3nc(Cc4ccc(F)cc4)ns3)c2)CC1. The molecule has 0 saturated carbocycles. The summed E-state index contributed by atoms with van der Waals surface area (Å²) in [5.41, 5.74) is 2.44. The van der Waals surface area contributed by atoms with Crippen LogP contribution in [-0.2, 0) is 6.42 Å². The molecule has 39 heavy (non-hydrogen) atoms. The maximum Gasteiger partial charge on any atom is 0.298 e. The molecule has 0 N–H and O–H groups in total. The van der Waals surface area contributed by atoms with E-state index in [0.29, 0.717) is 67.3 Å². The number of piperazine rings is 1. The van der Waals surface area contributed by atoms with Crippen molar-refractivity contribution in [1.29, 1.82) is 0 Å². The summed E-state index contributed by atoms with van der Waals surface area (Å²) in [6.07, 6.45) is 0.455. The van der Waals surface area contributed by atoms with Crippen molar-refractivity contribution in [2.24, 2.45) is 0 Å². The molecular formula is C29H29FN4O4S. The fourth-order valence-electron chi connectivity index (χ4n) is 4.45. The first-order chi connectivity index (χ1) is 19.0. The van der Waals surface area contributed by atoms with Gasteiger partial charge in [-0.2, -0.15) is 9.36 Å². The third-order valence-corrected chi connectivity index (χ3v) is 7.04. The van der Waals surface area contributed by atoms with Crippen LogP contribution in [0.3, 0.4) is 0 Å². The highest BCUT2D eigenvalue weighted by Crippen LogP contribution is 2.34. The van der Waals surface area contributed by atoms with E-state index in [1.807, 2.05) is 36.1 Å². The van der Waals surface area contributed by atoms with E-state index in [4.69, 9.17) is 14.2 Å². The number of nitrogens with zero attached hydrogens (tertiary/aromatic N) is 4. The summed E-state index contributed by atoms with van der Waals surface area (Å²) in [5.74, 6) is 1.93. The number of para-hydroxylation sites is 2. The lowest BCUT2D eigenvalue weighted by Crippen LogP contribution is -2.48. The van der Waals surface area contributed by atoms with Gasteiger partial charge < -0.3 is 24.0 Å². The Labute approximate surface area is 230 Å². The van der Waals surface area contributed by atoms with Gasteiger partial charge in [0.2, 0.25) is 0 Å². The number of carbonyl (C=O) groups is 1. The van der Waals surface area contributed by atoms with Crippen LogP contribution in [0.5, 0.6) is 22.4 Å². The van der Waals surface area contributed by atoms with Crippen LogP contribution in [0.15, 0.2) is 66.7 Å². The molecule has 3 aromatic carbocycles. The van der Waals surface area contributed by atoms with Crippen LogP contribution in [0.2, 0.25) is 0 Å². The summed E-state index contributed by atoms with van der Waals surface area (Å²) in [6, 6.07) is 19.3. The maximum absolute atomic E-state index is 13.4. The van der Waals surface area contributed by atoms with Gasteiger partial charge in [-0.25, -0.2) is 4.39 Å². The summed E-state index contributed by atoms with van der Waals surface area (Å²) < 4.78 is 34.8. The standard InChI is InChI=1S/C29H29FN4O4S/c1-3-37-24-7-5-4-6-23(24)33-14-16-34(17-15-33)28(35)21-10-13-25(36-2)26(19-21)38-29-31-27(32-39-29)18-20-8-11-22(30)12-9-20/h4-13,19H,3,14-18H2,1-2H3. The number of benzene rings is 3. The fourth-order valence-corrected chi connectivity index (χ4v) is 5.01. The number of hydrogen-bond donors (Lipinski definition) is 0. The number of halogens is 1. The number of rotatable bonds is 9. The zero-order valence-electron chi connectivity index (χ0n) is 21.8. The molecule has 1 amide bonds. The van der Waals surface area contributed by atoms with Crippen LogP contribution in [0.25, 0.3) is 0 Å². The fraction of sp³-hybridized carbons (Fsp3) is 0.276. The predicted molar refractivity (Wildman–Crippen MR) is 148 cm³/mol. The number of methoxy groups -OCH3 is 1. The Balaban J connectivity index is 1.25. The Morgan fingerprint density at radius 2 is 1.74 bits per heavy atom. The maximum atomic E-state index is 13.4. The van der Waals surface area contributed by atoms with Gasteiger partial charge in [-0.15, -0.1) is 0 Å². The van der Waals surface area contributed by atoms with Crippen LogP contribution in [0.1, 0.15) is 28.7 Å². The molecule has 5 rings (SSSR count). The smallest absolute Gasteiger partial charge is 0.298 e. The number of aromatic nitrogens is 2. The van der Waals surface area contributed by atoms with E-state index in [1.165, 1.54) is 12.1 Å². The van der Waals surface area contributed by atoms with E-state index in [1.54, 1.807) is 37.4 Å². The molecule has 8 nitrogen and oxygen atoms in total. The molecule has 1 saturated heterocycles. The van der Waals surface area contributed by atoms with Crippen LogP contribution in [0, 0.1) is 5.82 Å². The summed E-state index contributed by atoms with van der Waals surface area (Å²) in [7, 11) is 1.54. The number of amides is 1. The minimum absolute atomic E-state index is 0.0745. The third kappa shape index (κ3) is 6.28. The second-order valence-corrected chi connectivity index (χ2v) is 9.64. The van der Waals surface area contributed by atoms with Crippen LogP contribution >= 0.6 is 11.5 Å². The average Bonchev–Trinajstić information content (AvgIpc) is 3.41. The number of anilines is 1. The molecule has 4 aromatic rings. The number of hydrogen-bond acceptors (Lipinski definition) is 8. The molecule has 1 aliphatic rings. The average molecular weight is 549 g/mol. The van der Waals surface area contributed by atoms with E-state index in [0.717, 1.165) is 28.5 Å². The summed E-state index contributed by atoms with van der Waals surface area (Å²) in [6.45, 7) is 5.16. The lowest BCUT2D eigenvalue weighted by atomic mass is 10.1. The van der Waals surface area contributed by atoms with E-state index in [-0.39, 0.29) is 11.7 Å². The summed E-state index contributed by atoms with van der Waals surface area (Å²) in [5, 5.41) is 0.330. The van der Waals surface area contributed by atoms with Crippen LogP contribution in [0.4, 0.5) is 10.1 Å². The lowest BCUT2D eigenvalue weighted by molar-refractivity contribution is 0.0746. The van der Waals surface area contributed by atoms with Crippen molar-refractivity contribution in [3.63, 3.8) is 0 Å². The van der Waals surface area contributed by atoms with Gasteiger partial charge in [-0.05, 0) is 55.0 Å². The minimum Gasteiger partial charge on any atom is -0.493 e. The van der Waals surface area contributed by atoms with Crippen LogP contribution in [-0.4, -0.2) is 60.1 Å². The topological polar surface area (TPSA) is 77.0 Å². The highest BCUT2D eigenvalue weighted by atomic mass is 32.1. The number of carbonyl (C=O) groups excluding carboxylic acids is 1. The van der Waals surface area contributed by atoms with Gasteiger partial charge in [-0.1, -0.05) is 24.3 Å². The van der Waals surface area contributed by atoms with Gasteiger partial charge >= 0.3 is 0 Å². The Kier molecular flexibility index (Phi) is 8.21. The van der Waals surface area contributed by atoms with Gasteiger partial charge in [0, 0.05) is 49.7 Å². The van der Waals surface area contributed by atoms with Gasteiger partial charge in [0.25, 0.3) is 11.1 Å². The molecule has 1 aromatic heterocycles. The van der Waals surface area contributed by atoms with E-state index in [2.05, 4.69) is 14.3 Å². The van der Waals surface area contributed by atoms with Crippen molar-refractivity contribution in [3.05, 3.63) is 89.5 Å². The molecule has 0 radical (unpaired) electrons. The van der Waals surface area contributed by atoms with Crippen molar-refractivity contribution < 1.29 is 23.4 Å². The molecule has 1 aliphatic heterocycles. The Morgan fingerprint density at radius 1 is 0.974 bits per heavy atom. The zero-order valence-corrected chi connectivity index (χ0v) is 22.6. The van der Waals surface area contributed by atoms with Gasteiger partial charge in [0.1, 0.15) is 11.6 Å². The van der Waals surface area contributed by atoms with E-state index >= 15 is 0 Å². The van der Waals surface area contributed by atoms with E-state index < -0.39 is 0 Å². The normalized spacial score (nSPS) is 13.3. The molecule has 202 valence electrons. The van der Waals surface area contributed by atoms with Crippen molar-refractivity contribution in [1.82, 2.24) is 14.3 Å². The van der Waals surface area contributed by atoms with Gasteiger partial charge in [0.05, 0.1) is 19.4 Å². The van der Waals surface area contributed by atoms with Gasteiger partial charge in [-0.3, -0.25) is 4.79 Å². The first-order valence-electron chi connectivity index (χ1n) is 12.7. The van der Waals surface area contributed by atoms with Crippen molar-refractivity contribution in [2.45, 2.75) is 13.3 Å². The lowest BCUT2D eigenvalue weighted by Gasteiger charge is -2.36. The molecular weight excluding hydrogens is 519 g/mol. The van der Waals surface area contributed by atoms with Crippen molar-refractivity contribution >= 4 is 23.1 Å². The Hall–Kier alpha value is -4.18. The quantitative estimate of drug-likeness (QED) is 0.276. The first kappa shape index (κ1) is 26.4. The molecule has 0 unspecified atom stereocenters. The molecule has 0 atom stereocenters. The van der Waals surface area contributed by atoms with Crippen molar-refractivity contribution in [3.8, 4) is 22.4 Å². The van der Waals surface area contributed by atoms with E-state index in [9.17, 15) is 9.18 Å².